The third kappa shape index (κ3) is 3.66. The smallest absolute Gasteiger partial charge is 0.132 e. The van der Waals surface area contributed by atoms with Crippen molar-refractivity contribution in [1.82, 2.24) is 9.97 Å². The van der Waals surface area contributed by atoms with Crippen LogP contribution in [0.2, 0.25) is 0 Å². The van der Waals surface area contributed by atoms with Crippen LogP contribution in [0.5, 0.6) is 0 Å². The Morgan fingerprint density at radius 2 is 2.18 bits per heavy atom. The second kappa shape index (κ2) is 5.80. The fourth-order valence-corrected chi connectivity index (χ4v) is 2.60. The Morgan fingerprint density at radius 3 is 2.88 bits per heavy atom. The maximum absolute atomic E-state index is 4.55. The van der Waals surface area contributed by atoms with Gasteiger partial charge in [-0.25, -0.2) is 9.97 Å². The van der Waals surface area contributed by atoms with Gasteiger partial charge in [-0.05, 0) is 41.1 Å². The molecule has 3 nitrogen and oxygen atoms in total. The van der Waals surface area contributed by atoms with E-state index in [0.717, 1.165) is 35.0 Å². The summed E-state index contributed by atoms with van der Waals surface area (Å²) in [7, 11) is 0. The van der Waals surface area contributed by atoms with Crippen LogP contribution < -0.4 is 5.32 Å². The summed E-state index contributed by atoms with van der Waals surface area (Å²) in [6.07, 6.45) is 5.91. The van der Waals surface area contributed by atoms with E-state index >= 15 is 0 Å². The number of nitrogens with zero attached hydrogens (tertiary/aromatic N) is 2. The van der Waals surface area contributed by atoms with Gasteiger partial charge in [0.15, 0.2) is 0 Å². The van der Waals surface area contributed by atoms with Crippen molar-refractivity contribution in [3.8, 4) is 0 Å². The number of hydrogen-bond donors (Lipinski definition) is 1. The number of anilines is 1. The number of rotatable bonds is 6. The quantitative estimate of drug-likeness (QED) is 0.812. The molecule has 0 radical (unpaired) electrons. The van der Waals surface area contributed by atoms with Crippen molar-refractivity contribution < 1.29 is 0 Å². The SMILES string of the molecule is CCCc1nc(Br)cc(NC2CC2CCC)n1. The highest BCUT2D eigenvalue weighted by Crippen LogP contribution is 2.37. The first-order valence-electron chi connectivity index (χ1n) is 6.53. The first-order valence-corrected chi connectivity index (χ1v) is 7.32. The van der Waals surface area contributed by atoms with Crippen LogP contribution >= 0.6 is 15.9 Å². The van der Waals surface area contributed by atoms with Crippen molar-refractivity contribution >= 4 is 21.7 Å². The van der Waals surface area contributed by atoms with E-state index in [9.17, 15) is 0 Å². The molecule has 0 bridgehead atoms. The lowest BCUT2D eigenvalue weighted by molar-refractivity contribution is 0.691. The average Bonchev–Trinajstić information content (AvgIpc) is 2.96. The Morgan fingerprint density at radius 1 is 1.35 bits per heavy atom. The first kappa shape index (κ1) is 12.8. The molecule has 0 amide bonds. The molecule has 1 saturated carbocycles. The molecule has 0 saturated heterocycles. The Kier molecular flexibility index (Phi) is 4.37. The van der Waals surface area contributed by atoms with Crippen molar-refractivity contribution in [2.45, 2.75) is 52.0 Å². The van der Waals surface area contributed by atoms with Crippen molar-refractivity contribution in [2.75, 3.05) is 5.32 Å². The largest absolute Gasteiger partial charge is 0.367 e. The first-order chi connectivity index (χ1) is 8.22. The summed E-state index contributed by atoms with van der Waals surface area (Å²) in [6, 6.07) is 2.60. The molecule has 17 heavy (non-hydrogen) atoms. The zero-order chi connectivity index (χ0) is 12.3. The van der Waals surface area contributed by atoms with Crippen LogP contribution in [0.15, 0.2) is 10.7 Å². The van der Waals surface area contributed by atoms with Gasteiger partial charge in [-0.15, -0.1) is 0 Å². The molecule has 1 fully saturated rings. The predicted molar refractivity (Wildman–Crippen MR) is 74.2 cm³/mol. The van der Waals surface area contributed by atoms with Gasteiger partial charge >= 0.3 is 0 Å². The molecule has 1 N–H and O–H groups in total. The zero-order valence-corrected chi connectivity index (χ0v) is 12.1. The fraction of sp³-hybridized carbons (Fsp3) is 0.692. The maximum atomic E-state index is 4.55. The lowest BCUT2D eigenvalue weighted by atomic mass is 10.2. The van der Waals surface area contributed by atoms with Crippen LogP contribution in [0.1, 0.15) is 45.4 Å². The highest BCUT2D eigenvalue weighted by atomic mass is 79.9. The molecule has 2 rings (SSSR count). The van der Waals surface area contributed by atoms with Gasteiger partial charge in [0, 0.05) is 18.5 Å². The lowest BCUT2D eigenvalue weighted by Gasteiger charge is -2.07. The van der Waals surface area contributed by atoms with Gasteiger partial charge < -0.3 is 5.32 Å². The normalized spacial score (nSPS) is 22.5. The molecule has 94 valence electrons. The third-order valence-corrected chi connectivity index (χ3v) is 3.54. The molecule has 4 heteroatoms. The van der Waals surface area contributed by atoms with E-state index in [4.69, 9.17) is 0 Å². The fourth-order valence-electron chi connectivity index (χ4n) is 2.18. The van der Waals surface area contributed by atoms with Crippen LogP contribution in [0, 0.1) is 5.92 Å². The molecule has 1 aromatic rings. The standard InChI is InChI=1S/C13H20BrN3/c1-3-5-9-7-10(9)15-13-8-11(14)16-12(17-13)6-4-2/h8-10H,3-7H2,1-2H3,(H,15,16,17). The predicted octanol–water partition coefficient (Wildman–Crippen LogP) is 3.79. The minimum atomic E-state index is 0.631. The topological polar surface area (TPSA) is 37.8 Å². The summed E-state index contributed by atoms with van der Waals surface area (Å²) >= 11 is 3.45. The van der Waals surface area contributed by atoms with Crippen molar-refractivity contribution in [1.29, 1.82) is 0 Å². The molecule has 2 unspecified atom stereocenters. The van der Waals surface area contributed by atoms with Gasteiger partial charge in [0.1, 0.15) is 16.2 Å². The summed E-state index contributed by atoms with van der Waals surface area (Å²) in [6.45, 7) is 4.39. The summed E-state index contributed by atoms with van der Waals surface area (Å²) < 4.78 is 0.881. The summed E-state index contributed by atoms with van der Waals surface area (Å²) in [5.41, 5.74) is 0. The summed E-state index contributed by atoms with van der Waals surface area (Å²) in [5.74, 6) is 2.75. The second-order valence-corrected chi connectivity index (χ2v) is 5.59. The van der Waals surface area contributed by atoms with Gasteiger partial charge in [0.2, 0.25) is 0 Å². The monoisotopic (exact) mass is 297 g/mol. The van der Waals surface area contributed by atoms with Crippen LogP contribution in [0.3, 0.4) is 0 Å². The number of hydrogen-bond acceptors (Lipinski definition) is 3. The lowest BCUT2D eigenvalue weighted by Crippen LogP contribution is -2.08. The molecule has 2 atom stereocenters. The Balaban J connectivity index is 1.96. The second-order valence-electron chi connectivity index (χ2n) is 4.78. The number of nitrogens with one attached hydrogen (secondary N) is 1. The van der Waals surface area contributed by atoms with Gasteiger partial charge in [0.25, 0.3) is 0 Å². The Labute approximate surface area is 112 Å². The number of halogens is 1. The van der Waals surface area contributed by atoms with Crippen molar-refractivity contribution in [2.24, 2.45) is 5.92 Å². The average molecular weight is 298 g/mol. The van der Waals surface area contributed by atoms with Gasteiger partial charge in [-0.3, -0.25) is 0 Å². The van der Waals surface area contributed by atoms with E-state index in [1.54, 1.807) is 0 Å². The minimum absolute atomic E-state index is 0.631. The Bertz CT molecular complexity index is 381. The molecule has 1 aliphatic carbocycles. The molecule has 1 aromatic heterocycles. The maximum Gasteiger partial charge on any atom is 0.132 e. The van der Waals surface area contributed by atoms with Crippen molar-refractivity contribution in [3.63, 3.8) is 0 Å². The third-order valence-electron chi connectivity index (χ3n) is 3.13. The molecule has 1 heterocycles. The van der Waals surface area contributed by atoms with E-state index in [1.165, 1.54) is 19.3 Å². The summed E-state index contributed by atoms with van der Waals surface area (Å²) in [5, 5.41) is 3.51. The van der Waals surface area contributed by atoms with E-state index < -0.39 is 0 Å². The van der Waals surface area contributed by atoms with Gasteiger partial charge in [-0.1, -0.05) is 20.3 Å². The summed E-state index contributed by atoms with van der Waals surface area (Å²) in [4.78, 5) is 8.92. The molecule has 1 aliphatic rings. The number of aromatic nitrogens is 2. The van der Waals surface area contributed by atoms with Crippen molar-refractivity contribution in [3.05, 3.63) is 16.5 Å². The number of aryl methyl sites for hydroxylation is 1. The van der Waals surface area contributed by atoms with E-state index in [1.807, 2.05) is 6.07 Å². The van der Waals surface area contributed by atoms with Crippen LogP contribution in [0.4, 0.5) is 5.82 Å². The molecule has 0 aliphatic heterocycles. The van der Waals surface area contributed by atoms with E-state index in [0.29, 0.717) is 6.04 Å². The highest BCUT2D eigenvalue weighted by Gasteiger charge is 2.36. The van der Waals surface area contributed by atoms with Gasteiger partial charge in [-0.2, -0.15) is 0 Å². The Hall–Kier alpha value is -0.640. The molecular formula is C13H20BrN3. The van der Waals surface area contributed by atoms with E-state index in [2.05, 4.69) is 45.1 Å². The van der Waals surface area contributed by atoms with Crippen LogP contribution in [-0.2, 0) is 6.42 Å². The molecule has 0 aromatic carbocycles. The molecular weight excluding hydrogens is 278 g/mol. The van der Waals surface area contributed by atoms with E-state index in [-0.39, 0.29) is 0 Å². The van der Waals surface area contributed by atoms with Crippen LogP contribution in [0.25, 0.3) is 0 Å². The van der Waals surface area contributed by atoms with Gasteiger partial charge in [0.05, 0.1) is 0 Å². The highest BCUT2D eigenvalue weighted by molar-refractivity contribution is 9.10. The zero-order valence-electron chi connectivity index (χ0n) is 10.5. The molecule has 0 spiro atoms. The minimum Gasteiger partial charge on any atom is -0.367 e. The van der Waals surface area contributed by atoms with Crippen LogP contribution in [-0.4, -0.2) is 16.0 Å².